The topological polar surface area (TPSA) is 114 Å². The molecule has 4 aromatic carbocycles. The molecule has 0 N–H and O–H groups in total. The van der Waals surface area contributed by atoms with Crippen LogP contribution in [0.4, 0.5) is 0 Å². The van der Waals surface area contributed by atoms with E-state index in [1.165, 1.54) is 0 Å². The molecule has 0 radical (unpaired) electrons. The van der Waals surface area contributed by atoms with Gasteiger partial charge in [0.05, 0.1) is 50.6 Å². The monoisotopic (exact) mass is 842 g/mol. The Hall–Kier alpha value is -4.50. The van der Waals surface area contributed by atoms with Crippen molar-refractivity contribution in [2.24, 2.45) is 11.8 Å². The predicted molar refractivity (Wildman–Crippen MR) is 224 cm³/mol. The van der Waals surface area contributed by atoms with Gasteiger partial charge in [-0.05, 0) is 18.8 Å². The number of amides is 2. The Morgan fingerprint density at radius 1 is 0.452 bits per heavy atom. The zero-order chi connectivity index (χ0) is 41.6. The molecule has 6 heterocycles. The highest BCUT2D eigenvalue weighted by molar-refractivity contribution is 5.87. The van der Waals surface area contributed by atoms with Gasteiger partial charge in [-0.2, -0.15) is 0 Å². The highest BCUT2D eigenvalue weighted by Crippen LogP contribution is 2.47. The van der Waals surface area contributed by atoms with Gasteiger partial charge in [0.2, 0.25) is 11.8 Å². The number of ether oxygens (including phenoxy) is 8. The van der Waals surface area contributed by atoms with E-state index < -0.39 is 79.7 Å². The number of likely N-dealkylation sites (tertiary alicyclic amines) is 2. The summed E-state index contributed by atoms with van der Waals surface area (Å²) < 4.78 is 52.7. The molecular formula is C50H54N2O10. The highest BCUT2D eigenvalue weighted by Gasteiger charge is 2.61. The van der Waals surface area contributed by atoms with Crippen molar-refractivity contribution in [3.05, 3.63) is 144 Å². The molecule has 0 bridgehead atoms. The van der Waals surface area contributed by atoms with Crippen LogP contribution in [0, 0.1) is 11.8 Å². The van der Waals surface area contributed by atoms with Gasteiger partial charge >= 0.3 is 0 Å². The zero-order valence-corrected chi connectivity index (χ0v) is 34.7. The van der Waals surface area contributed by atoms with Gasteiger partial charge in [-0.1, -0.05) is 141 Å². The minimum atomic E-state index is -0.607. The number of nitrogens with zero attached hydrogens (tertiary/aromatic N) is 2. The van der Waals surface area contributed by atoms with Crippen LogP contribution >= 0.6 is 0 Å². The summed E-state index contributed by atoms with van der Waals surface area (Å²) in [6.45, 7) is 1.06. The Labute approximate surface area is 362 Å². The maximum atomic E-state index is 15.6. The summed E-state index contributed by atoms with van der Waals surface area (Å²) in [7, 11) is 0. The Morgan fingerprint density at radius 3 is 1.11 bits per heavy atom. The van der Waals surface area contributed by atoms with E-state index in [1.807, 2.05) is 131 Å². The van der Waals surface area contributed by atoms with E-state index in [0.717, 1.165) is 54.4 Å². The molecule has 7 fully saturated rings. The minimum Gasteiger partial charge on any atom is -0.346 e. The van der Waals surface area contributed by atoms with E-state index >= 15 is 9.59 Å². The van der Waals surface area contributed by atoms with Gasteiger partial charge in [-0.25, -0.2) is 0 Å². The van der Waals surface area contributed by atoms with Crippen molar-refractivity contribution in [1.82, 2.24) is 9.80 Å². The van der Waals surface area contributed by atoms with Crippen molar-refractivity contribution in [1.29, 1.82) is 0 Å². The molecule has 12 nitrogen and oxygen atoms in total. The molecule has 6 aliphatic heterocycles. The molecule has 62 heavy (non-hydrogen) atoms. The SMILES string of the molecule is O=C(C[C@@H](C(=O)N1[C@H]2CO[C@@H](c3ccccc3)O[C@H]2[C@@H]2O[C@H](c3ccccc3)OC[C@@H]21)C1CCCCC1)N1[C@H]2CO[C@@H](c3ccccc3)O[C@H]2[C@@H]2O[C@H](c3ccccc3)OC[C@@H]21. The Bertz CT molecular complexity index is 2020. The second kappa shape index (κ2) is 17.6. The van der Waals surface area contributed by atoms with Crippen LogP contribution in [-0.4, -0.2) is 96.6 Å². The summed E-state index contributed by atoms with van der Waals surface area (Å²) in [6, 6.07) is 37.8. The minimum absolute atomic E-state index is 0.0273. The van der Waals surface area contributed by atoms with E-state index in [4.69, 9.17) is 37.9 Å². The average molecular weight is 843 g/mol. The first-order valence-corrected chi connectivity index (χ1v) is 22.5. The first-order valence-electron chi connectivity index (χ1n) is 22.5. The van der Waals surface area contributed by atoms with Crippen molar-refractivity contribution in [3.63, 3.8) is 0 Å². The summed E-state index contributed by atoms with van der Waals surface area (Å²) in [5.74, 6) is -0.751. The van der Waals surface area contributed by atoms with Crippen LogP contribution < -0.4 is 0 Å². The van der Waals surface area contributed by atoms with Crippen LogP contribution in [0.3, 0.4) is 0 Å². The molecule has 7 aliphatic rings. The molecule has 1 aliphatic carbocycles. The standard InChI is InChI=1S/C50H54N2O10/c53-41(51-37-27-55-47(32-18-8-2-9-19-32)59-42(37)43-38(51)28-56-48(60-43)33-20-10-3-11-21-33)26-36(31-16-6-1-7-17-31)46(54)52-39-29-57-49(34-22-12-4-13-23-34)61-44(39)45-40(52)30-58-50(62-45)35-24-14-5-15-25-35/h2-5,8-15,18-25,31,36-40,42-45,47-50H,1,6-7,16-17,26-30H2/t36-,37+,38+,39+,40+,42-,43-,44-,45-,47-,48-,49-,50-/m1/s1. The van der Waals surface area contributed by atoms with E-state index in [-0.39, 0.29) is 50.6 Å². The van der Waals surface area contributed by atoms with Crippen LogP contribution in [0.1, 0.15) is 85.9 Å². The second-order valence-corrected chi connectivity index (χ2v) is 17.7. The van der Waals surface area contributed by atoms with Gasteiger partial charge in [0, 0.05) is 34.6 Å². The fourth-order valence-electron chi connectivity index (χ4n) is 11.2. The second-order valence-electron chi connectivity index (χ2n) is 17.7. The Morgan fingerprint density at radius 2 is 0.774 bits per heavy atom. The molecule has 0 unspecified atom stereocenters. The quantitative estimate of drug-likeness (QED) is 0.181. The van der Waals surface area contributed by atoms with Gasteiger partial charge in [0.25, 0.3) is 0 Å². The van der Waals surface area contributed by atoms with Crippen molar-refractivity contribution in [2.45, 2.75) is 112 Å². The lowest BCUT2D eigenvalue weighted by Gasteiger charge is -2.41. The maximum absolute atomic E-state index is 15.6. The Balaban J connectivity index is 0.888. The van der Waals surface area contributed by atoms with Crippen molar-refractivity contribution >= 4 is 11.8 Å². The highest BCUT2D eigenvalue weighted by atomic mass is 16.7. The van der Waals surface area contributed by atoms with Crippen LogP contribution in [0.25, 0.3) is 0 Å². The van der Waals surface area contributed by atoms with Crippen molar-refractivity contribution in [2.75, 3.05) is 26.4 Å². The van der Waals surface area contributed by atoms with Gasteiger partial charge in [0.15, 0.2) is 25.2 Å². The van der Waals surface area contributed by atoms with E-state index in [9.17, 15) is 0 Å². The molecule has 12 heteroatoms. The number of hydrogen-bond donors (Lipinski definition) is 0. The van der Waals surface area contributed by atoms with Gasteiger partial charge in [-0.3, -0.25) is 9.59 Å². The molecule has 4 aromatic rings. The first kappa shape index (κ1) is 40.3. The van der Waals surface area contributed by atoms with E-state index in [1.54, 1.807) is 0 Å². The normalized spacial score (nSPS) is 35.0. The van der Waals surface area contributed by atoms with E-state index in [2.05, 4.69) is 0 Å². The zero-order valence-electron chi connectivity index (χ0n) is 34.7. The van der Waals surface area contributed by atoms with Gasteiger partial charge in [0.1, 0.15) is 24.4 Å². The summed E-state index contributed by atoms with van der Waals surface area (Å²) in [5.41, 5.74) is 3.62. The fourth-order valence-corrected chi connectivity index (χ4v) is 11.2. The van der Waals surface area contributed by atoms with Gasteiger partial charge < -0.3 is 47.7 Å². The number of fused-ring (bicyclic) bond motifs is 6. The van der Waals surface area contributed by atoms with Gasteiger partial charge in [-0.15, -0.1) is 0 Å². The number of rotatable bonds is 8. The average Bonchev–Trinajstić information content (AvgIpc) is 3.85. The van der Waals surface area contributed by atoms with Crippen LogP contribution in [0.2, 0.25) is 0 Å². The number of benzene rings is 4. The fraction of sp³-hybridized carbons (Fsp3) is 0.480. The Kier molecular flexibility index (Phi) is 11.4. The van der Waals surface area contributed by atoms with E-state index in [0.29, 0.717) is 0 Å². The number of carbonyl (C=O) groups excluding carboxylic acids is 2. The molecule has 13 atom stereocenters. The molecule has 0 aromatic heterocycles. The number of hydrogen-bond acceptors (Lipinski definition) is 10. The van der Waals surface area contributed by atoms with Crippen LogP contribution in [-0.2, 0) is 47.5 Å². The molecule has 324 valence electrons. The predicted octanol–water partition coefficient (Wildman–Crippen LogP) is 7.19. The van der Waals surface area contributed by atoms with Crippen LogP contribution in [0.5, 0.6) is 0 Å². The van der Waals surface area contributed by atoms with Crippen LogP contribution in [0.15, 0.2) is 121 Å². The first-order chi connectivity index (χ1) is 30.6. The third kappa shape index (κ3) is 7.58. The molecular weight excluding hydrogens is 789 g/mol. The molecule has 2 amide bonds. The molecule has 0 spiro atoms. The third-order valence-corrected chi connectivity index (χ3v) is 14.2. The molecule has 11 rings (SSSR count). The summed E-state index contributed by atoms with van der Waals surface area (Å²) in [5, 5.41) is 0. The lowest BCUT2D eigenvalue weighted by atomic mass is 9.77. The number of carbonyl (C=O) groups is 2. The molecule has 6 saturated heterocycles. The summed E-state index contributed by atoms with van der Waals surface area (Å²) in [4.78, 5) is 34.6. The lowest BCUT2D eigenvalue weighted by Crippen LogP contribution is -2.55. The smallest absolute Gasteiger partial charge is 0.227 e. The summed E-state index contributed by atoms with van der Waals surface area (Å²) in [6.07, 6.45) is 0.632. The largest absolute Gasteiger partial charge is 0.346 e. The third-order valence-electron chi connectivity index (χ3n) is 14.2. The molecule has 1 saturated carbocycles. The van der Waals surface area contributed by atoms with Crippen molar-refractivity contribution in [3.8, 4) is 0 Å². The van der Waals surface area contributed by atoms with Crippen molar-refractivity contribution < 1.29 is 47.5 Å². The summed E-state index contributed by atoms with van der Waals surface area (Å²) >= 11 is 0. The lowest BCUT2D eigenvalue weighted by molar-refractivity contribution is -0.278. The maximum Gasteiger partial charge on any atom is 0.227 e.